The molecule has 0 saturated carbocycles. The maximum atomic E-state index is 12.2. The number of nitrogens with one attached hydrogen (secondary N) is 2. The molecule has 0 spiro atoms. The van der Waals surface area contributed by atoms with Crippen LogP contribution in [0.15, 0.2) is 66.7 Å². The Hall–Kier alpha value is -2.55. The lowest BCUT2D eigenvalue weighted by Gasteiger charge is -2.20. The number of carbonyl (C=O) groups is 1. The minimum atomic E-state index is -0.210. The number of para-hydroxylation sites is 2. The normalized spacial score (nSPS) is 17.0. The van der Waals surface area contributed by atoms with E-state index in [1.807, 2.05) is 48.5 Å². The third-order valence-corrected chi connectivity index (χ3v) is 3.89. The first-order chi connectivity index (χ1) is 10.8. The molecular weight excluding hydrogens is 272 g/mol. The number of allylic oxidation sites excluding steroid dienone is 2. The van der Waals surface area contributed by atoms with E-state index in [-0.39, 0.29) is 6.03 Å². The lowest BCUT2D eigenvalue weighted by atomic mass is 9.88. The van der Waals surface area contributed by atoms with Crippen LogP contribution in [0.1, 0.15) is 30.7 Å². The molecule has 1 atom stereocenters. The van der Waals surface area contributed by atoms with Gasteiger partial charge in [0.1, 0.15) is 0 Å². The van der Waals surface area contributed by atoms with Gasteiger partial charge < -0.3 is 10.6 Å². The lowest BCUT2D eigenvalue weighted by Crippen LogP contribution is -2.20. The van der Waals surface area contributed by atoms with Gasteiger partial charge in [0.15, 0.2) is 0 Å². The summed E-state index contributed by atoms with van der Waals surface area (Å²) in [6, 6.07) is 17.3. The summed E-state index contributed by atoms with van der Waals surface area (Å²) >= 11 is 0. The molecule has 0 bridgehead atoms. The van der Waals surface area contributed by atoms with Crippen molar-refractivity contribution >= 4 is 17.4 Å². The Labute approximate surface area is 131 Å². The maximum absolute atomic E-state index is 12.2. The summed E-state index contributed by atoms with van der Waals surface area (Å²) in [5.41, 5.74) is 2.85. The fourth-order valence-electron chi connectivity index (χ4n) is 2.81. The largest absolute Gasteiger partial charge is 0.323 e. The molecule has 3 nitrogen and oxygen atoms in total. The van der Waals surface area contributed by atoms with E-state index in [1.165, 1.54) is 12.0 Å². The molecule has 2 N–H and O–H groups in total. The van der Waals surface area contributed by atoms with Crippen LogP contribution < -0.4 is 10.6 Å². The van der Waals surface area contributed by atoms with Gasteiger partial charge in [-0.3, -0.25) is 0 Å². The van der Waals surface area contributed by atoms with E-state index in [4.69, 9.17) is 0 Å². The molecule has 1 unspecified atom stereocenters. The van der Waals surface area contributed by atoms with Crippen molar-refractivity contribution in [2.75, 3.05) is 10.6 Å². The first-order valence-electron chi connectivity index (χ1n) is 7.71. The van der Waals surface area contributed by atoms with E-state index in [1.54, 1.807) is 0 Å². The number of anilines is 2. The van der Waals surface area contributed by atoms with Gasteiger partial charge in [0, 0.05) is 17.3 Å². The van der Waals surface area contributed by atoms with Gasteiger partial charge in [-0.15, -0.1) is 0 Å². The topological polar surface area (TPSA) is 41.1 Å². The first-order valence-corrected chi connectivity index (χ1v) is 7.71. The Bertz CT molecular complexity index is 664. The molecule has 0 radical (unpaired) electrons. The fraction of sp³-hybridized carbons (Fsp3) is 0.211. The molecule has 2 aromatic carbocycles. The molecule has 3 rings (SSSR count). The zero-order valence-electron chi connectivity index (χ0n) is 12.5. The molecule has 0 saturated heterocycles. The fourth-order valence-corrected chi connectivity index (χ4v) is 2.81. The number of urea groups is 1. The summed E-state index contributed by atoms with van der Waals surface area (Å²) in [7, 11) is 0. The number of hydrogen-bond acceptors (Lipinski definition) is 1. The second-order valence-corrected chi connectivity index (χ2v) is 5.50. The first kappa shape index (κ1) is 14.4. The molecule has 0 heterocycles. The summed E-state index contributed by atoms with van der Waals surface area (Å²) in [4.78, 5) is 12.2. The zero-order valence-corrected chi connectivity index (χ0v) is 12.5. The second kappa shape index (κ2) is 6.94. The standard InChI is InChI=1S/C19H20N2O/c22-19(20-16-11-5-2-6-12-16)21-18-14-8-7-13-17(18)15-9-3-1-4-10-15/h2-3,5-9,11-15H,1,4,10H2,(H2,20,21,22). The quantitative estimate of drug-likeness (QED) is 0.754. The van der Waals surface area contributed by atoms with Gasteiger partial charge in [-0.25, -0.2) is 4.79 Å². The molecule has 0 aliphatic heterocycles. The van der Waals surface area contributed by atoms with Crippen LogP contribution in [0.25, 0.3) is 0 Å². The highest BCUT2D eigenvalue weighted by molar-refractivity contribution is 6.00. The lowest BCUT2D eigenvalue weighted by molar-refractivity contribution is 0.262. The molecule has 0 aromatic heterocycles. The highest BCUT2D eigenvalue weighted by Gasteiger charge is 2.15. The van der Waals surface area contributed by atoms with Crippen molar-refractivity contribution in [2.45, 2.75) is 25.2 Å². The van der Waals surface area contributed by atoms with E-state index >= 15 is 0 Å². The number of amides is 2. The van der Waals surface area contributed by atoms with Crippen LogP contribution in [0.4, 0.5) is 16.2 Å². The minimum absolute atomic E-state index is 0.210. The van der Waals surface area contributed by atoms with Crippen molar-refractivity contribution < 1.29 is 4.79 Å². The van der Waals surface area contributed by atoms with Gasteiger partial charge in [0.2, 0.25) is 0 Å². The maximum Gasteiger partial charge on any atom is 0.323 e. The van der Waals surface area contributed by atoms with Crippen LogP contribution in [-0.4, -0.2) is 6.03 Å². The van der Waals surface area contributed by atoms with Gasteiger partial charge in [-0.2, -0.15) is 0 Å². The van der Waals surface area contributed by atoms with E-state index < -0.39 is 0 Å². The van der Waals surface area contributed by atoms with Crippen molar-refractivity contribution in [3.05, 3.63) is 72.3 Å². The monoisotopic (exact) mass is 292 g/mol. The number of carbonyl (C=O) groups excluding carboxylic acids is 1. The van der Waals surface area contributed by atoms with Gasteiger partial charge in [-0.05, 0) is 43.0 Å². The predicted octanol–water partition coefficient (Wildman–Crippen LogP) is 5.15. The van der Waals surface area contributed by atoms with Crippen LogP contribution in [0.5, 0.6) is 0 Å². The van der Waals surface area contributed by atoms with Gasteiger partial charge in [-0.1, -0.05) is 48.6 Å². The van der Waals surface area contributed by atoms with Crippen molar-refractivity contribution in [3.63, 3.8) is 0 Å². The number of benzene rings is 2. The van der Waals surface area contributed by atoms with Gasteiger partial charge in [0.05, 0.1) is 0 Å². The Morgan fingerprint density at radius 3 is 2.50 bits per heavy atom. The summed E-state index contributed by atoms with van der Waals surface area (Å²) in [5, 5.41) is 5.82. The summed E-state index contributed by atoms with van der Waals surface area (Å²) in [5.74, 6) is 0.391. The predicted molar refractivity (Wildman–Crippen MR) is 91.3 cm³/mol. The van der Waals surface area contributed by atoms with E-state index in [2.05, 4.69) is 28.9 Å². The van der Waals surface area contributed by atoms with Crippen molar-refractivity contribution in [2.24, 2.45) is 0 Å². The van der Waals surface area contributed by atoms with Crippen LogP contribution in [0.3, 0.4) is 0 Å². The Morgan fingerprint density at radius 2 is 1.73 bits per heavy atom. The molecule has 22 heavy (non-hydrogen) atoms. The van der Waals surface area contributed by atoms with Crippen LogP contribution in [-0.2, 0) is 0 Å². The third-order valence-electron chi connectivity index (χ3n) is 3.89. The highest BCUT2D eigenvalue weighted by Crippen LogP contribution is 2.32. The van der Waals surface area contributed by atoms with Crippen LogP contribution in [0, 0.1) is 0 Å². The molecule has 1 aliphatic carbocycles. The Balaban J connectivity index is 1.73. The summed E-state index contributed by atoms with van der Waals surface area (Å²) in [6.45, 7) is 0. The second-order valence-electron chi connectivity index (χ2n) is 5.50. The molecule has 0 fully saturated rings. The number of rotatable bonds is 3. The van der Waals surface area contributed by atoms with Crippen molar-refractivity contribution in [3.8, 4) is 0 Å². The molecule has 1 aliphatic rings. The molecule has 3 heteroatoms. The third kappa shape index (κ3) is 3.55. The summed E-state index contributed by atoms with van der Waals surface area (Å²) < 4.78 is 0. The molecule has 2 amide bonds. The molecule has 2 aromatic rings. The van der Waals surface area contributed by atoms with Crippen molar-refractivity contribution in [1.29, 1.82) is 0 Å². The Morgan fingerprint density at radius 1 is 0.955 bits per heavy atom. The smallest absolute Gasteiger partial charge is 0.308 e. The van der Waals surface area contributed by atoms with Gasteiger partial charge in [0.25, 0.3) is 0 Å². The summed E-state index contributed by atoms with van der Waals surface area (Å²) in [6.07, 6.45) is 7.97. The van der Waals surface area contributed by atoms with E-state index in [0.29, 0.717) is 5.92 Å². The molecular formula is C19H20N2O. The van der Waals surface area contributed by atoms with Crippen LogP contribution in [0.2, 0.25) is 0 Å². The zero-order chi connectivity index (χ0) is 15.2. The molecule has 112 valence electrons. The van der Waals surface area contributed by atoms with E-state index in [0.717, 1.165) is 24.2 Å². The van der Waals surface area contributed by atoms with E-state index in [9.17, 15) is 4.79 Å². The minimum Gasteiger partial charge on any atom is -0.308 e. The highest BCUT2D eigenvalue weighted by atomic mass is 16.2. The van der Waals surface area contributed by atoms with Gasteiger partial charge >= 0.3 is 6.03 Å². The number of hydrogen-bond donors (Lipinski definition) is 2. The van der Waals surface area contributed by atoms with Crippen LogP contribution >= 0.6 is 0 Å². The average Bonchev–Trinajstić information content (AvgIpc) is 2.57. The van der Waals surface area contributed by atoms with Crippen molar-refractivity contribution in [1.82, 2.24) is 0 Å². The SMILES string of the molecule is O=C(Nc1ccccc1)Nc1ccccc1C1C=CCCC1. The Kier molecular flexibility index (Phi) is 4.54. The average molecular weight is 292 g/mol.